The molecule has 0 spiro atoms. The molecule has 0 aliphatic rings. The van der Waals surface area contributed by atoms with Crippen LogP contribution < -0.4 is 11.1 Å². The molecule has 0 radical (unpaired) electrons. The summed E-state index contributed by atoms with van der Waals surface area (Å²) in [5.41, 5.74) is 6.09. The molecule has 62 valence electrons. The van der Waals surface area contributed by atoms with Crippen LogP contribution in [0.5, 0.6) is 0 Å². The number of benzene rings is 1. The minimum Gasteiger partial charge on any atom is -0.384 e. The van der Waals surface area contributed by atoms with Gasteiger partial charge in [0, 0.05) is 11.9 Å². The third-order valence-electron chi connectivity index (χ3n) is 1.29. The molecule has 0 saturated carbocycles. The Morgan fingerprint density at radius 3 is 2.58 bits per heavy atom. The number of nitrogens with two attached hydrogens (primary N) is 1. The van der Waals surface area contributed by atoms with Gasteiger partial charge in [0.25, 0.3) is 0 Å². The Balaban J connectivity index is 2.49. The smallest absolute Gasteiger partial charge is 0.116 e. The lowest BCUT2D eigenvalue weighted by Crippen LogP contribution is -2.05. The molecule has 1 rings (SSSR count). The number of amidine groups is 1. The highest BCUT2D eigenvalue weighted by atomic mass is 14.8. The van der Waals surface area contributed by atoms with Crippen molar-refractivity contribution in [2.45, 2.75) is 0 Å². The molecule has 4 N–H and O–H groups in total. The predicted molar refractivity (Wildman–Crippen MR) is 51.1 cm³/mol. The van der Waals surface area contributed by atoms with Gasteiger partial charge in [0.05, 0.1) is 0 Å². The van der Waals surface area contributed by atoms with E-state index in [1.165, 1.54) is 6.08 Å². The zero-order valence-electron chi connectivity index (χ0n) is 6.62. The van der Waals surface area contributed by atoms with Gasteiger partial charge >= 0.3 is 0 Å². The first-order chi connectivity index (χ1) is 5.79. The number of nitrogens with one attached hydrogen (secondary N) is 2. The summed E-state index contributed by atoms with van der Waals surface area (Å²) in [4.78, 5) is 0. The number of rotatable bonds is 3. The van der Waals surface area contributed by atoms with E-state index in [2.05, 4.69) is 5.32 Å². The summed E-state index contributed by atoms with van der Waals surface area (Å²) in [6.45, 7) is 0. The van der Waals surface area contributed by atoms with Gasteiger partial charge in [0.1, 0.15) is 5.84 Å². The molecule has 1 aromatic carbocycles. The Morgan fingerprint density at radius 2 is 2.00 bits per heavy atom. The molecule has 0 saturated heterocycles. The van der Waals surface area contributed by atoms with Crippen LogP contribution in [0.25, 0.3) is 0 Å². The first-order valence-electron chi connectivity index (χ1n) is 3.61. The molecule has 3 nitrogen and oxygen atoms in total. The summed E-state index contributed by atoms with van der Waals surface area (Å²) in [6.07, 6.45) is 3.13. The largest absolute Gasteiger partial charge is 0.384 e. The summed E-state index contributed by atoms with van der Waals surface area (Å²) >= 11 is 0. The highest BCUT2D eigenvalue weighted by molar-refractivity contribution is 5.88. The third-order valence-corrected chi connectivity index (χ3v) is 1.29. The SMILES string of the molecule is N=C(N)/C=C\Nc1ccccc1. The van der Waals surface area contributed by atoms with Gasteiger partial charge in [-0.25, -0.2) is 0 Å². The van der Waals surface area contributed by atoms with Gasteiger partial charge in [-0.3, -0.25) is 5.41 Å². The Hall–Kier alpha value is -1.77. The molecule has 0 unspecified atom stereocenters. The predicted octanol–water partition coefficient (Wildman–Crippen LogP) is 1.55. The van der Waals surface area contributed by atoms with Crippen LogP contribution in [0, 0.1) is 5.41 Å². The number of anilines is 1. The summed E-state index contributed by atoms with van der Waals surface area (Å²) in [5.74, 6) is 0.0402. The van der Waals surface area contributed by atoms with Crippen LogP contribution in [-0.4, -0.2) is 5.84 Å². The highest BCUT2D eigenvalue weighted by Crippen LogP contribution is 2.03. The summed E-state index contributed by atoms with van der Waals surface area (Å²) in [5, 5.41) is 9.89. The second kappa shape index (κ2) is 4.18. The van der Waals surface area contributed by atoms with E-state index in [4.69, 9.17) is 11.1 Å². The van der Waals surface area contributed by atoms with Gasteiger partial charge < -0.3 is 11.1 Å². The van der Waals surface area contributed by atoms with Crippen molar-refractivity contribution in [3.05, 3.63) is 42.6 Å². The fourth-order valence-electron chi connectivity index (χ4n) is 0.762. The quantitative estimate of drug-likeness (QED) is 0.465. The van der Waals surface area contributed by atoms with Crippen LogP contribution in [0.4, 0.5) is 5.69 Å². The van der Waals surface area contributed by atoms with Crippen molar-refractivity contribution >= 4 is 11.5 Å². The summed E-state index contributed by atoms with van der Waals surface area (Å²) in [7, 11) is 0. The molecular formula is C9H11N3. The second-order valence-corrected chi connectivity index (χ2v) is 2.30. The summed E-state index contributed by atoms with van der Waals surface area (Å²) in [6, 6.07) is 9.68. The van der Waals surface area contributed by atoms with Crippen molar-refractivity contribution < 1.29 is 0 Å². The van der Waals surface area contributed by atoms with E-state index in [0.717, 1.165) is 5.69 Å². The van der Waals surface area contributed by atoms with E-state index in [0.29, 0.717) is 0 Å². The maximum absolute atomic E-state index is 6.91. The first-order valence-corrected chi connectivity index (χ1v) is 3.61. The molecule has 0 bridgehead atoms. The first kappa shape index (κ1) is 8.33. The van der Waals surface area contributed by atoms with Crippen LogP contribution in [0.2, 0.25) is 0 Å². The van der Waals surface area contributed by atoms with Crippen LogP contribution in [0.3, 0.4) is 0 Å². The maximum atomic E-state index is 6.91. The van der Waals surface area contributed by atoms with Crippen molar-refractivity contribution in [3.63, 3.8) is 0 Å². The standard InChI is InChI=1S/C9H11N3/c10-9(11)6-7-12-8-4-2-1-3-5-8/h1-7,12H,(H3,10,11)/b7-6-. The highest BCUT2D eigenvalue weighted by Gasteiger charge is 1.82. The van der Waals surface area contributed by atoms with Gasteiger partial charge in [-0.05, 0) is 18.2 Å². The van der Waals surface area contributed by atoms with Crippen LogP contribution in [-0.2, 0) is 0 Å². The Kier molecular flexibility index (Phi) is 2.90. The van der Waals surface area contributed by atoms with Crippen molar-refractivity contribution in [1.82, 2.24) is 0 Å². The molecule has 1 aromatic rings. The van der Waals surface area contributed by atoms with Crippen LogP contribution in [0.1, 0.15) is 0 Å². The van der Waals surface area contributed by atoms with Crippen molar-refractivity contribution in [1.29, 1.82) is 5.41 Å². The van der Waals surface area contributed by atoms with Crippen molar-refractivity contribution in [2.75, 3.05) is 5.32 Å². The van der Waals surface area contributed by atoms with Crippen molar-refractivity contribution in [2.24, 2.45) is 5.73 Å². The zero-order valence-corrected chi connectivity index (χ0v) is 6.62. The molecular weight excluding hydrogens is 150 g/mol. The van der Waals surface area contributed by atoms with E-state index < -0.39 is 0 Å². The Bertz CT molecular complexity index is 277. The Morgan fingerprint density at radius 1 is 1.33 bits per heavy atom. The number of hydrogen-bond donors (Lipinski definition) is 3. The molecule has 0 heterocycles. The second-order valence-electron chi connectivity index (χ2n) is 2.30. The lowest BCUT2D eigenvalue weighted by molar-refractivity contribution is 1.46. The molecule has 0 atom stereocenters. The normalized spacial score (nSPS) is 10.0. The van der Waals surface area contributed by atoms with E-state index in [1.807, 2.05) is 30.3 Å². The molecule has 0 aliphatic heterocycles. The maximum Gasteiger partial charge on any atom is 0.116 e. The Labute approximate surface area is 71.4 Å². The van der Waals surface area contributed by atoms with E-state index in [9.17, 15) is 0 Å². The molecule has 0 aromatic heterocycles. The lowest BCUT2D eigenvalue weighted by atomic mass is 10.3. The molecule has 3 heteroatoms. The third kappa shape index (κ3) is 2.88. The number of para-hydroxylation sites is 1. The fourth-order valence-corrected chi connectivity index (χ4v) is 0.762. The topological polar surface area (TPSA) is 61.9 Å². The van der Waals surface area contributed by atoms with Gasteiger partial charge in [-0.15, -0.1) is 0 Å². The van der Waals surface area contributed by atoms with Gasteiger partial charge in [-0.2, -0.15) is 0 Å². The average Bonchev–Trinajstić information content (AvgIpc) is 2.05. The zero-order chi connectivity index (χ0) is 8.81. The number of hydrogen-bond acceptors (Lipinski definition) is 2. The van der Waals surface area contributed by atoms with E-state index >= 15 is 0 Å². The van der Waals surface area contributed by atoms with Crippen LogP contribution >= 0.6 is 0 Å². The minimum atomic E-state index is 0.0402. The van der Waals surface area contributed by atoms with Gasteiger partial charge in [-0.1, -0.05) is 18.2 Å². The van der Waals surface area contributed by atoms with E-state index in [1.54, 1.807) is 6.20 Å². The minimum absolute atomic E-state index is 0.0402. The lowest BCUT2D eigenvalue weighted by Gasteiger charge is -1.97. The van der Waals surface area contributed by atoms with Crippen LogP contribution in [0.15, 0.2) is 42.6 Å². The molecule has 0 amide bonds. The molecule has 12 heavy (non-hydrogen) atoms. The average molecular weight is 161 g/mol. The van der Waals surface area contributed by atoms with Gasteiger partial charge in [0.15, 0.2) is 0 Å². The molecule has 0 aliphatic carbocycles. The van der Waals surface area contributed by atoms with E-state index in [-0.39, 0.29) is 5.84 Å². The molecule has 0 fully saturated rings. The summed E-state index contributed by atoms with van der Waals surface area (Å²) < 4.78 is 0. The van der Waals surface area contributed by atoms with Crippen molar-refractivity contribution in [3.8, 4) is 0 Å². The fraction of sp³-hybridized carbons (Fsp3) is 0. The van der Waals surface area contributed by atoms with Gasteiger partial charge in [0.2, 0.25) is 0 Å². The monoisotopic (exact) mass is 161 g/mol.